The number of carbonyl (C=O) groups is 1. The van der Waals surface area contributed by atoms with Crippen LogP contribution in [0.3, 0.4) is 0 Å². The predicted octanol–water partition coefficient (Wildman–Crippen LogP) is 5.33. The van der Waals surface area contributed by atoms with Crippen molar-refractivity contribution in [2.75, 3.05) is 0 Å². The second kappa shape index (κ2) is 9.26. The van der Waals surface area contributed by atoms with Gasteiger partial charge in [0.15, 0.2) is 5.16 Å². The summed E-state index contributed by atoms with van der Waals surface area (Å²) in [5, 5.41) is 13.2. The van der Waals surface area contributed by atoms with Gasteiger partial charge in [0.2, 0.25) is 0 Å². The van der Waals surface area contributed by atoms with Gasteiger partial charge in [-0.2, -0.15) is 5.10 Å². The number of rotatable bonds is 7. The van der Waals surface area contributed by atoms with E-state index in [-0.39, 0.29) is 11.9 Å². The molecule has 1 amide bonds. The molecule has 4 rings (SSSR count). The Morgan fingerprint density at radius 1 is 1.14 bits per heavy atom. The zero-order valence-corrected chi connectivity index (χ0v) is 17.6. The fraction of sp³-hybridized carbons (Fsp3) is 0.0952. The van der Waals surface area contributed by atoms with Gasteiger partial charge in [0.25, 0.3) is 5.91 Å². The van der Waals surface area contributed by atoms with Gasteiger partial charge in [-0.25, -0.2) is 4.98 Å². The molecule has 0 radical (unpaired) electrons. The molecule has 2 N–H and O–H groups in total. The van der Waals surface area contributed by atoms with Crippen molar-refractivity contribution in [2.45, 2.75) is 17.0 Å². The average molecular weight is 441 g/mol. The van der Waals surface area contributed by atoms with Crippen molar-refractivity contribution in [3.05, 3.63) is 99.0 Å². The van der Waals surface area contributed by atoms with Crippen LogP contribution in [0.25, 0.3) is 0 Å². The summed E-state index contributed by atoms with van der Waals surface area (Å²) in [7, 11) is 0. The summed E-state index contributed by atoms with van der Waals surface area (Å²) in [6, 6.07) is 19.0. The van der Waals surface area contributed by atoms with Crippen molar-refractivity contribution < 1.29 is 4.79 Å². The van der Waals surface area contributed by atoms with Gasteiger partial charge in [0.05, 0.1) is 6.04 Å². The second-order valence-corrected chi connectivity index (χ2v) is 8.63. The summed E-state index contributed by atoms with van der Waals surface area (Å²) in [4.78, 5) is 18.0. The Balaban J connectivity index is 1.46. The Bertz CT molecular complexity index is 1050. The average Bonchev–Trinajstić information content (AvgIpc) is 3.46. The van der Waals surface area contributed by atoms with Crippen LogP contribution in [0.15, 0.2) is 77.5 Å². The SMILES string of the molecule is O=C(NC(c1ccc(Cl)cc1)c1cccs1)c1ccc(CSc2ncn[nH]2)cc1. The molecule has 0 saturated heterocycles. The summed E-state index contributed by atoms with van der Waals surface area (Å²) in [6.07, 6.45) is 1.49. The van der Waals surface area contributed by atoms with Crippen molar-refractivity contribution in [3.63, 3.8) is 0 Å². The molecular weight excluding hydrogens is 424 g/mol. The number of halogens is 1. The van der Waals surface area contributed by atoms with E-state index in [2.05, 4.69) is 20.5 Å². The molecule has 29 heavy (non-hydrogen) atoms. The summed E-state index contributed by atoms with van der Waals surface area (Å²) >= 11 is 9.19. The van der Waals surface area contributed by atoms with E-state index in [4.69, 9.17) is 11.6 Å². The maximum absolute atomic E-state index is 12.9. The number of aromatic amines is 1. The number of amides is 1. The molecule has 1 atom stereocenters. The molecule has 0 aliphatic carbocycles. The Morgan fingerprint density at radius 3 is 2.59 bits per heavy atom. The first-order valence-corrected chi connectivity index (χ1v) is 11.1. The van der Waals surface area contributed by atoms with Gasteiger partial charge in [-0.15, -0.1) is 11.3 Å². The van der Waals surface area contributed by atoms with Crippen molar-refractivity contribution >= 4 is 40.6 Å². The lowest BCUT2D eigenvalue weighted by atomic mass is 10.0. The minimum absolute atomic E-state index is 0.118. The van der Waals surface area contributed by atoms with Gasteiger partial charge < -0.3 is 5.32 Å². The third-order valence-corrected chi connectivity index (χ3v) is 6.43. The first-order valence-electron chi connectivity index (χ1n) is 8.86. The minimum atomic E-state index is -0.221. The zero-order valence-electron chi connectivity index (χ0n) is 15.2. The van der Waals surface area contributed by atoms with E-state index in [0.29, 0.717) is 10.6 Å². The number of nitrogens with one attached hydrogen (secondary N) is 2. The number of aromatic nitrogens is 3. The highest BCUT2D eigenvalue weighted by molar-refractivity contribution is 7.98. The van der Waals surface area contributed by atoms with Crippen LogP contribution in [0.2, 0.25) is 5.02 Å². The normalized spacial score (nSPS) is 11.9. The van der Waals surface area contributed by atoms with Gasteiger partial charge >= 0.3 is 0 Å². The Hall–Kier alpha value is -2.61. The standard InChI is InChI=1S/C21H17ClN4OS2/c22-17-9-7-15(8-10-17)19(18-2-1-11-28-18)25-20(27)16-5-3-14(4-6-16)12-29-21-23-13-24-26-21/h1-11,13,19H,12H2,(H,25,27)(H,23,24,26). The number of hydrogen-bond acceptors (Lipinski definition) is 5. The van der Waals surface area contributed by atoms with Crippen LogP contribution in [-0.2, 0) is 5.75 Å². The molecule has 8 heteroatoms. The van der Waals surface area contributed by atoms with Crippen LogP contribution in [0.4, 0.5) is 0 Å². The lowest BCUT2D eigenvalue weighted by molar-refractivity contribution is 0.0943. The fourth-order valence-electron chi connectivity index (χ4n) is 2.81. The molecule has 0 aliphatic heterocycles. The molecular formula is C21H17ClN4OS2. The van der Waals surface area contributed by atoms with Crippen LogP contribution in [0, 0.1) is 0 Å². The Kier molecular flexibility index (Phi) is 6.29. The lowest BCUT2D eigenvalue weighted by Gasteiger charge is -2.18. The Morgan fingerprint density at radius 2 is 1.93 bits per heavy atom. The van der Waals surface area contributed by atoms with E-state index in [9.17, 15) is 4.79 Å². The summed E-state index contributed by atoms with van der Waals surface area (Å²) in [6.45, 7) is 0. The maximum atomic E-state index is 12.9. The molecule has 5 nitrogen and oxygen atoms in total. The number of nitrogens with zero attached hydrogens (tertiary/aromatic N) is 2. The third-order valence-electron chi connectivity index (χ3n) is 4.29. The zero-order chi connectivity index (χ0) is 20.1. The van der Waals surface area contributed by atoms with Crippen molar-refractivity contribution in [3.8, 4) is 0 Å². The van der Waals surface area contributed by atoms with Crippen LogP contribution in [0.5, 0.6) is 0 Å². The van der Waals surface area contributed by atoms with Crippen LogP contribution < -0.4 is 5.32 Å². The number of carbonyl (C=O) groups excluding carboxylic acids is 1. The van der Waals surface area contributed by atoms with Gasteiger partial charge in [0.1, 0.15) is 6.33 Å². The highest BCUT2D eigenvalue weighted by atomic mass is 35.5. The third kappa shape index (κ3) is 5.06. The molecule has 2 aromatic carbocycles. The van der Waals surface area contributed by atoms with Gasteiger partial charge in [0, 0.05) is 21.2 Å². The van der Waals surface area contributed by atoms with E-state index in [1.54, 1.807) is 23.1 Å². The molecule has 0 saturated carbocycles. The molecule has 0 spiro atoms. The number of hydrogen-bond donors (Lipinski definition) is 2. The monoisotopic (exact) mass is 440 g/mol. The van der Waals surface area contributed by atoms with Gasteiger partial charge in [-0.1, -0.05) is 53.7 Å². The highest BCUT2D eigenvalue weighted by Gasteiger charge is 2.19. The van der Waals surface area contributed by atoms with E-state index < -0.39 is 0 Å². The molecule has 2 aromatic heterocycles. The first kappa shape index (κ1) is 19.7. The van der Waals surface area contributed by atoms with Gasteiger partial charge in [-0.3, -0.25) is 9.89 Å². The summed E-state index contributed by atoms with van der Waals surface area (Å²) < 4.78 is 0. The van der Waals surface area contributed by atoms with Crippen LogP contribution in [0.1, 0.15) is 32.4 Å². The Labute approximate surface area is 181 Å². The summed E-state index contributed by atoms with van der Waals surface area (Å²) in [5.74, 6) is 0.632. The van der Waals surface area contributed by atoms with Gasteiger partial charge in [-0.05, 0) is 46.8 Å². The number of thiophene rings is 1. The number of thioether (sulfide) groups is 1. The van der Waals surface area contributed by atoms with E-state index >= 15 is 0 Å². The predicted molar refractivity (Wildman–Crippen MR) is 117 cm³/mol. The smallest absolute Gasteiger partial charge is 0.252 e. The van der Waals surface area contributed by atoms with Crippen molar-refractivity contribution in [1.82, 2.24) is 20.5 Å². The van der Waals surface area contributed by atoms with E-state index in [0.717, 1.165) is 26.9 Å². The minimum Gasteiger partial charge on any atom is -0.340 e. The molecule has 0 fully saturated rings. The van der Waals surface area contributed by atoms with Crippen LogP contribution in [-0.4, -0.2) is 21.1 Å². The fourth-order valence-corrected chi connectivity index (χ4v) is 4.48. The van der Waals surface area contributed by atoms with Crippen LogP contribution >= 0.6 is 34.7 Å². The topological polar surface area (TPSA) is 70.7 Å². The lowest BCUT2D eigenvalue weighted by Crippen LogP contribution is -2.28. The number of H-pyrrole nitrogens is 1. The number of benzene rings is 2. The maximum Gasteiger partial charge on any atom is 0.252 e. The summed E-state index contributed by atoms with van der Waals surface area (Å²) in [5.41, 5.74) is 2.72. The van der Waals surface area contributed by atoms with E-state index in [1.165, 1.54) is 6.33 Å². The van der Waals surface area contributed by atoms with Crippen molar-refractivity contribution in [1.29, 1.82) is 0 Å². The second-order valence-electron chi connectivity index (χ2n) is 6.25. The van der Waals surface area contributed by atoms with E-state index in [1.807, 2.05) is 66.0 Å². The molecule has 2 heterocycles. The van der Waals surface area contributed by atoms with Crippen molar-refractivity contribution in [2.24, 2.45) is 0 Å². The largest absolute Gasteiger partial charge is 0.340 e. The molecule has 0 aliphatic rings. The highest BCUT2D eigenvalue weighted by Crippen LogP contribution is 2.27. The first-order chi connectivity index (χ1) is 14.2. The molecule has 0 bridgehead atoms. The molecule has 4 aromatic rings. The quantitative estimate of drug-likeness (QED) is 0.381. The molecule has 1 unspecified atom stereocenters. The molecule has 146 valence electrons.